The van der Waals surface area contributed by atoms with Gasteiger partial charge in [-0.15, -0.1) is 25.3 Å². The number of H-pyrrole nitrogens is 2. The van der Waals surface area contributed by atoms with E-state index in [-0.39, 0.29) is 0 Å². The summed E-state index contributed by atoms with van der Waals surface area (Å²) in [6.07, 6.45) is 3.71. The summed E-state index contributed by atoms with van der Waals surface area (Å²) in [7, 11) is 0. The van der Waals surface area contributed by atoms with E-state index in [0.29, 0.717) is 0 Å². The molecule has 0 unspecified atom stereocenters. The first kappa shape index (κ1) is 7.89. The minimum atomic E-state index is 0.924. The quantitative estimate of drug-likeness (QED) is 0.505. The van der Waals surface area contributed by atoms with Crippen LogP contribution in [0, 0.1) is 0 Å². The van der Waals surface area contributed by atoms with Crippen molar-refractivity contribution >= 4 is 25.3 Å². The van der Waals surface area contributed by atoms with Gasteiger partial charge < -0.3 is 9.97 Å². The van der Waals surface area contributed by atoms with Gasteiger partial charge >= 0.3 is 0 Å². The second kappa shape index (κ2) is 2.95. The molecule has 0 bridgehead atoms. The fraction of sp³-hybridized carbons (Fsp3) is 0. The second-order valence-corrected chi connectivity index (χ2v) is 3.44. The zero-order valence-electron chi connectivity index (χ0n) is 6.20. The van der Waals surface area contributed by atoms with Crippen LogP contribution in [0.4, 0.5) is 0 Å². The molecule has 2 heterocycles. The van der Waals surface area contributed by atoms with Gasteiger partial charge in [-0.05, 0) is 12.1 Å². The molecule has 0 fully saturated rings. The maximum atomic E-state index is 4.30. The molecule has 0 aliphatic heterocycles. The van der Waals surface area contributed by atoms with E-state index >= 15 is 0 Å². The highest BCUT2D eigenvalue weighted by Gasteiger charge is 2.06. The van der Waals surface area contributed by atoms with Crippen LogP contribution in [0.1, 0.15) is 0 Å². The van der Waals surface area contributed by atoms with Gasteiger partial charge in [0.2, 0.25) is 0 Å². The first-order chi connectivity index (χ1) is 5.79. The topological polar surface area (TPSA) is 31.6 Å². The molecule has 2 aromatic rings. The number of rotatable bonds is 1. The lowest BCUT2D eigenvalue weighted by molar-refractivity contribution is 1.27. The molecule has 0 amide bonds. The molecule has 2 N–H and O–H groups in total. The Labute approximate surface area is 81.2 Å². The lowest BCUT2D eigenvalue weighted by Gasteiger charge is -1.96. The molecule has 2 rings (SSSR count). The molecule has 0 spiro atoms. The molecule has 2 nitrogen and oxygen atoms in total. The summed E-state index contributed by atoms with van der Waals surface area (Å²) >= 11 is 8.60. The van der Waals surface area contributed by atoms with Crippen LogP contribution >= 0.6 is 25.3 Å². The average molecular weight is 196 g/mol. The maximum Gasteiger partial charge on any atom is 0.0766 e. The molecule has 4 heteroatoms. The molecule has 0 aliphatic rings. The van der Waals surface area contributed by atoms with Crippen molar-refractivity contribution in [3.05, 3.63) is 24.5 Å². The molecule has 0 atom stereocenters. The van der Waals surface area contributed by atoms with Crippen molar-refractivity contribution in [1.82, 2.24) is 9.97 Å². The van der Waals surface area contributed by atoms with E-state index in [9.17, 15) is 0 Å². The normalized spacial score (nSPS) is 10.5. The van der Waals surface area contributed by atoms with Crippen molar-refractivity contribution in [3.8, 4) is 11.4 Å². The van der Waals surface area contributed by atoms with Crippen LogP contribution in [0.15, 0.2) is 34.3 Å². The highest BCUT2D eigenvalue weighted by atomic mass is 32.1. The molecule has 62 valence electrons. The van der Waals surface area contributed by atoms with Gasteiger partial charge in [0.25, 0.3) is 0 Å². The van der Waals surface area contributed by atoms with Gasteiger partial charge in [0.05, 0.1) is 11.4 Å². The molecule has 2 aromatic heterocycles. The predicted octanol–water partition coefficient (Wildman–Crippen LogP) is 2.59. The number of aromatic amines is 2. The number of nitrogens with one attached hydrogen (secondary N) is 2. The van der Waals surface area contributed by atoms with Crippen LogP contribution in [0.2, 0.25) is 0 Å². The molecule has 0 aliphatic carbocycles. The fourth-order valence-electron chi connectivity index (χ4n) is 1.12. The van der Waals surface area contributed by atoms with Crippen LogP contribution in [0.3, 0.4) is 0 Å². The molecule has 0 saturated heterocycles. The van der Waals surface area contributed by atoms with E-state index in [2.05, 4.69) is 35.2 Å². The lowest BCUT2D eigenvalue weighted by Crippen LogP contribution is -1.78. The van der Waals surface area contributed by atoms with E-state index in [0.717, 1.165) is 21.2 Å². The number of hydrogen-bond acceptors (Lipinski definition) is 2. The third-order valence-electron chi connectivity index (χ3n) is 1.70. The van der Waals surface area contributed by atoms with E-state index in [1.807, 2.05) is 24.5 Å². The maximum absolute atomic E-state index is 4.30. The Morgan fingerprint density at radius 2 is 1.25 bits per heavy atom. The lowest BCUT2D eigenvalue weighted by atomic mass is 10.3. The van der Waals surface area contributed by atoms with E-state index in [1.54, 1.807) is 0 Å². The van der Waals surface area contributed by atoms with Crippen molar-refractivity contribution < 1.29 is 0 Å². The molecular formula is C8H8N2S2. The monoisotopic (exact) mass is 196 g/mol. The average Bonchev–Trinajstić information content (AvgIpc) is 2.59. The smallest absolute Gasteiger partial charge is 0.0766 e. The minimum absolute atomic E-state index is 0.924. The number of thiol groups is 2. The van der Waals surface area contributed by atoms with Crippen molar-refractivity contribution in [2.75, 3.05) is 0 Å². The zero-order valence-corrected chi connectivity index (χ0v) is 7.99. The van der Waals surface area contributed by atoms with E-state index in [4.69, 9.17) is 0 Å². The fourth-order valence-corrected chi connectivity index (χ4v) is 1.62. The van der Waals surface area contributed by atoms with Crippen molar-refractivity contribution in [3.63, 3.8) is 0 Å². The molecule has 12 heavy (non-hydrogen) atoms. The van der Waals surface area contributed by atoms with Gasteiger partial charge in [-0.2, -0.15) is 0 Å². The molecular weight excluding hydrogens is 188 g/mol. The largest absolute Gasteiger partial charge is 0.359 e. The third kappa shape index (κ3) is 1.17. The summed E-state index contributed by atoms with van der Waals surface area (Å²) in [4.78, 5) is 8.03. The van der Waals surface area contributed by atoms with Gasteiger partial charge in [0.15, 0.2) is 0 Å². The number of hydrogen-bond donors (Lipinski definition) is 4. The summed E-state index contributed by atoms with van der Waals surface area (Å²) in [6, 6.07) is 3.82. The van der Waals surface area contributed by atoms with Crippen molar-refractivity contribution in [1.29, 1.82) is 0 Å². The zero-order chi connectivity index (χ0) is 8.55. The standard InChI is InChI=1S/C8H8N2S2/c11-5-1-3-9-7(5)8-6(12)2-4-10-8/h1-4,9-12H. The highest BCUT2D eigenvalue weighted by Crippen LogP contribution is 2.28. The van der Waals surface area contributed by atoms with Crippen molar-refractivity contribution in [2.24, 2.45) is 0 Å². The van der Waals surface area contributed by atoms with E-state index < -0.39 is 0 Å². The van der Waals surface area contributed by atoms with Crippen LogP contribution in [-0.4, -0.2) is 9.97 Å². The third-order valence-corrected chi connectivity index (χ3v) is 2.45. The second-order valence-electron chi connectivity index (χ2n) is 2.48. The van der Waals surface area contributed by atoms with Gasteiger partial charge in [-0.25, -0.2) is 0 Å². The summed E-state index contributed by atoms with van der Waals surface area (Å²) in [5, 5.41) is 0. The summed E-state index contributed by atoms with van der Waals surface area (Å²) in [6.45, 7) is 0. The first-order valence-corrected chi connectivity index (χ1v) is 4.41. The number of aromatic nitrogens is 2. The van der Waals surface area contributed by atoms with Crippen LogP contribution in [0.5, 0.6) is 0 Å². The minimum Gasteiger partial charge on any atom is -0.359 e. The Kier molecular flexibility index (Phi) is 1.94. The molecule has 0 aromatic carbocycles. The summed E-state index contributed by atoms with van der Waals surface area (Å²) < 4.78 is 0. The Morgan fingerprint density at radius 1 is 0.833 bits per heavy atom. The van der Waals surface area contributed by atoms with Gasteiger partial charge in [-0.3, -0.25) is 0 Å². The van der Waals surface area contributed by atoms with E-state index in [1.165, 1.54) is 0 Å². The Hall–Kier alpha value is -0.740. The molecule has 0 radical (unpaired) electrons. The van der Waals surface area contributed by atoms with Gasteiger partial charge in [-0.1, -0.05) is 0 Å². The Balaban J connectivity index is 2.57. The molecule has 0 saturated carbocycles. The van der Waals surface area contributed by atoms with Crippen LogP contribution in [-0.2, 0) is 0 Å². The summed E-state index contributed by atoms with van der Waals surface area (Å²) in [5.41, 5.74) is 1.96. The van der Waals surface area contributed by atoms with Gasteiger partial charge in [0, 0.05) is 22.2 Å². The SMILES string of the molecule is Sc1cc[nH]c1-c1[nH]ccc1S. The first-order valence-electron chi connectivity index (χ1n) is 3.52. The Morgan fingerprint density at radius 3 is 1.50 bits per heavy atom. The van der Waals surface area contributed by atoms with Crippen LogP contribution < -0.4 is 0 Å². The van der Waals surface area contributed by atoms with Crippen LogP contribution in [0.25, 0.3) is 11.4 Å². The van der Waals surface area contributed by atoms with Crippen molar-refractivity contribution in [2.45, 2.75) is 9.79 Å². The predicted molar refractivity (Wildman–Crippen MR) is 55.1 cm³/mol. The van der Waals surface area contributed by atoms with Gasteiger partial charge in [0.1, 0.15) is 0 Å². The summed E-state index contributed by atoms with van der Waals surface area (Å²) in [5.74, 6) is 0. The highest BCUT2D eigenvalue weighted by molar-refractivity contribution is 7.80. The Bertz CT molecular complexity index is 351.